The van der Waals surface area contributed by atoms with Crippen LogP contribution in [0.3, 0.4) is 0 Å². The first-order valence-electron chi connectivity index (χ1n) is 5.07. The van der Waals surface area contributed by atoms with E-state index < -0.39 is 25.8 Å². The third kappa shape index (κ3) is 8.99. The maximum Gasteiger partial charge on any atom is 0.480 e. The molecule has 0 radical (unpaired) electrons. The fourth-order valence-electron chi connectivity index (χ4n) is 0.873. The van der Waals surface area contributed by atoms with Gasteiger partial charge in [0.1, 0.15) is 0 Å². The van der Waals surface area contributed by atoms with Crippen molar-refractivity contribution < 1.29 is 27.4 Å². The predicted octanol–water partition coefficient (Wildman–Crippen LogP) is 4.42. The van der Waals surface area contributed by atoms with Crippen LogP contribution in [0.4, 0.5) is 0 Å². The lowest BCUT2D eigenvalue weighted by Crippen LogP contribution is -2.19. The number of phosphoric ester groups is 1. The van der Waals surface area contributed by atoms with E-state index in [1.807, 2.05) is 0 Å². The van der Waals surface area contributed by atoms with Crippen molar-refractivity contribution in [2.75, 3.05) is 0 Å². The van der Waals surface area contributed by atoms with Crippen LogP contribution in [0, 0.1) is 0 Å². The minimum atomic E-state index is -4.50. The first-order valence-corrected chi connectivity index (χ1v) is 10.6. The Bertz CT molecular complexity index is 373. The highest BCUT2D eigenvalue weighted by Crippen LogP contribution is 2.73. The van der Waals surface area contributed by atoms with Crippen LogP contribution >= 0.6 is 36.7 Å². The van der Waals surface area contributed by atoms with E-state index in [0.717, 1.165) is 0 Å². The van der Waals surface area contributed by atoms with E-state index in [2.05, 4.69) is 16.0 Å². The third-order valence-corrected chi connectivity index (χ3v) is 7.68. The Hall–Kier alpha value is 1.00. The molecule has 0 saturated heterocycles. The van der Waals surface area contributed by atoms with Crippen LogP contribution in [0.1, 0.15) is 41.5 Å². The summed E-state index contributed by atoms with van der Waals surface area (Å²) in [7, 11) is -4.05. The van der Waals surface area contributed by atoms with Gasteiger partial charge in [-0.3, -0.25) is 9.05 Å². The second-order valence-corrected chi connectivity index (χ2v) is 11.8. The zero-order valence-corrected chi connectivity index (χ0v) is 14.7. The quantitative estimate of drug-likeness (QED) is 0.436. The van der Waals surface area contributed by atoms with Gasteiger partial charge < -0.3 is 4.89 Å². The Balaban J connectivity index is 4.93. The Morgan fingerprint density at radius 1 is 1.00 bits per heavy atom. The highest BCUT2D eigenvalue weighted by molar-refractivity contribution is 8.93. The summed E-state index contributed by atoms with van der Waals surface area (Å²) in [5.41, 5.74) is -1.73. The predicted molar refractivity (Wildman–Crippen MR) is 76.8 cm³/mol. The molecule has 0 aliphatic rings. The molecule has 0 aromatic heterocycles. The molecule has 0 saturated carbocycles. The van der Waals surface area contributed by atoms with Gasteiger partial charge in [-0.1, -0.05) is 11.7 Å². The Kier molecular flexibility index (Phi) is 6.53. The van der Waals surface area contributed by atoms with E-state index >= 15 is 0 Å². The molecule has 6 nitrogen and oxygen atoms in total. The molecule has 0 aromatic carbocycles. The maximum atomic E-state index is 12.1. The summed E-state index contributed by atoms with van der Waals surface area (Å²) in [6.45, 7) is 5.75. The highest BCUT2D eigenvalue weighted by Gasteiger charge is 2.41. The molecule has 0 aromatic rings. The number of hydrogen-bond acceptors (Lipinski definition) is 7. The summed E-state index contributed by atoms with van der Waals surface area (Å²) in [6, 6.07) is 0. The van der Waals surface area contributed by atoms with E-state index in [1.165, 1.54) is 0 Å². The lowest BCUT2D eigenvalue weighted by atomic mass is 10.2. The van der Waals surface area contributed by atoms with Gasteiger partial charge in [-0.2, -0.15) is 4.31 Å². The van der Waals surface area contributed by atoms with Crippen molar-refractivity contribution >= 4 is 36.7 Å². The molecule has 1 N–H and O–H groups in total. The minimum absolute atomic E-state index is 0.445. The summed E-state index contributed by atoms with van der Waals surface area (Å²) in [4.78, 5) is 9.53. The van der Waals surface area contributed by atoms with Gasteiger partial charge in [0, 0.05) is 10.4 Å². The average molecular weight is 338 g/mol. The molecule has 0 heterocycles. The molecule has 2 unspecified atom stereocenters. The van der Waals surface area contributed by atoms with Crippen LogP contribution in [0.25, 0.3) is 0 Å². The van der Waals surface area contributed by atoms with Crippen molar-refractivity contribution in [3.8, 4) is 0 Å². The van der Waals surface area contributed by atoms with Crippen LogP contribution in [0.5, 0.6) is 0 Å². The van der Waals surface area contributed by atoms with Crippen molar-refractivity contribution in [1.82, 2.24) is 0 Å². The van der Waals surface area contributed by atoms with E-state index in [-0.39, 0.29) is 0 Å². The monoisotopic (exact) mass is 338 g/mol. The summed E-state index contributed by atoms with van der Waals surface area (Å²) < 4.78 is 38.4. The zero-order chi connectivity index (χ0) is 14.8. The first-order chi connectivity index (χ1) is 7.68. The zero-order valence-electron chi connectivity index (χ0n) is 11.2. The van der Waals surface area contributed by atoms with Crippen LogP contribution < -0.4 is 0 Å². The Morgan fingerprint density at radius 3 is 1.67 bits per heavy atom. The van der Waals surface area contributed by atoms with Crippen LogP contribution in [-0.2, 0) is 22.5 Å². The van der Waals surface area contributed by atoms with Gasteiger partial charge in [0.25, 0.3) is 0 Å². The van der Waals surface area contributed by atoms with Gasteiger partial charge in [-0.15, -0.1) is 0 Å². The van der Waals surface area contributed by atoms with E-state index in [0.29, 0.717) is 10.4 Å². The number of hydrogen-bond donors (Lipinski definition) is 2. The second-order valence-electron chi connectivity index (χ2n) is 5.49. The van der Waals surface area contributed by atoms with Gasteiger partial charge in [-0.25, -0.2) is 9.13 Å². The first kappa shape index (κ1) is 19.0. The van der Waals surface area contributed by atoms with Crippen LogP contribution in [0.15, 0.2) is 0 Å². The summed E-state index contributed by atoms with van der Waals surface area (Å²) >= 11 is 3.75. The molecular formula is C8H20O6P2S2. The summed E-state index contributed by atoms with van der Waals surface area (Å²) in [5.74, 6) is 0. The fourth-order valence-corrected chi connectivity index (χ4v) is 6.57. The molecule has 0 bridgehead atoms. The topological polar surface area (TPSA) is 82.1 Å². The molecule has 2 atom stereocenters. The fraction of sp³-hybridized carbons (Fsp3) is 1.00. The molecule has 0 spiro atoms. The van der Waals surface area contributed by atoms with E-state index in [9.17, 15) is 14.0 Å². The van der Waals surface area contributed by atoms with Gasteiger partial charge in [0.05, 0.1) is 11.2 Å². The maximum absolute atomic E-state index is 12.1. The average Bonchev–Trinajstić information content (AvgIpc) is 1.93. The van der Waals surface area contributed by atoms with Crippen molar-refractivity contribution in [1.29, 1.82) is 0 Å². The Labute approximate surface area is 117 Å². The largest absolute Gasteiger partial charge is 0.480 e. The van der Waals surface area contributed by atoms with Gasteiger partial charge in [0.2, 0.25) is 0 Å². The SMILES string of the molecule is CC(C)(C)OP(=O)(O)OP(=O)(OC(C)(C)C)SS. The highest BCUT2D eigenvalue weighted by atomic mass is 33.3. The van der Waals surface area contributed by atoms with Crippen molar-refractivity contribution in [3.63, 3.8) is 0 Å². The number of rotatable bonds is 5. The van der Waals surface area contributed by atoms with Crippen molar-refractivity contribution in [2.24, 2.45) is 0 Å². The summed E-state index contributed by atoms with van der Waals surface area (Å²) in [6.07, 6.45) is 0. The van der Waals surface area contributed by atoms with Gasteiger partial charge in [0.15, 0.2) is 0 Å². The van der Waals surface area contributed by atoms with E-state index in [4.69, 9.17) is 9.05 Å². The molecule has 0 aliphatic heterocycles. The van der Waals surface area contributed by atoms with Gasteiger partial charge >= 0.3 is 14.6 Å². The molecule has 0 rings (SSSR count). The molecule has 0 amide bonds. The lowest BCUT2D eigenvalue weighted by molar-refractivity contribution is 0.0731. The lowest BCUT2D eigenvalue weighted by Gasteiger charge is -2.28. The Morgan fingerprint density at radius 2 is 1.39 bits per heavy atom. The van der Waals surface area contributed by atoms with Gasteiger partial charge in [-0.05, 0) is 41.5 Å². The second kappa shape index (κ2) is 6.19. The summed E-state index contributed by atoms with van der Waals surface area (Å²) in [5, 5.41) is 0. The van der Waals surface area contributed by atoms with Crippen molar-refractivity contribution in [3.05, 3.63) is 0 Å². The standard InChI is InChI=1S/C8H20O6P2S2/c1-7(2,3)12-15(9,10)14-16(11,18-17)13-8(4,5)6/h17H,1-6H3,(H,9,10). The number of phosphoric acid groups is 1. The molecule has 0 aliphatic carbocycles. The molecule has 10 heteroatoms. The van der Waals surface area contributed by atoms with Crippen LogP contribution in [-0.4, -0.2) is 16.1 Å². The van der Waals surface area contributed by atoms with E-state index in [1.54, 1.807) is 41.5 Å². The number of thiol groups is 1. The molecule has 18 heavy (non-hydrogen) atoms. The molecular weight excluding hydrogens is 318 g/mol. The molecule has 110 valence electrons. The third-order valence-electron chi connectivity index (χ3n) is 1.08. The normalized spacial score (nSPS) is 20.2. The van der Waals surface area contributed by atoms with Crippen molar-refractivity contribution in [2.45, 2.75) is 52.7 Å². The smallest absolute Gasteiger partial charge is 0.302 e. The van der Waals surface area contributed by atoms with Crippen LogP contribution in [0.2, 0.25) is 0 Å². The molecule has 0 fully saturated rings. The minimum Gasteiger partial charge on any atom is -0.302 e.